The molecule has 1 N–H and O–H groups in total. The second-order valence-corrected chi connectivity index (χ2v) is 6.05. The summed E-state index contributed by atoms with van der Waals surface area (Å²) in [5, 5.41) is 5.24. The van der Waals surface area contributed by atoms with Crippen LogP contribution in [0.25, 0.3) is 11.5 Å². The third kappa shape index (κ3) is 3.49. The number of nitrogens with one attached hydrogen (secondary N) is 1. The number of rotatable bonds is 6. The zero-order chi connectivity index (χ0) is 16.9. The summed E-state index contributed by atoms with van der Waals surface area (Å²) in [5.74, 6) is 0.525. The number of nitrogens with zero attached hydrogens (tertiary/aromatic N) is 2. The molecular weight excluding hydrogens is 322 g/mol. The minimum absolute atomic E-state index is 0.165. The van der Waals surface area contributed by atoms with Crippen molar-refractivity contribution in [2.75, 3.05) is 23.3 Å². The molecule has 0 radical (unpaired) electrons. The highest BCUT2D eigenvalue weighted by molar-refractivity contribution is 7.14. The Labute approximate surface area is 144 Å². The van der Waals surface area contributed by atoms with E-state index < -0.39 is 0 Å². The third-order valence-electron chi connectivity index (χ3n) is 3.76. The van der Waals surface area contributed by atoms with Crippen LogP contribution in [0.5, 0.6) is 0 Å². The van der Waals surface area contributed by atoms with Gasteiger partial charge in [0.25, 0.3) is 5.91 Å². The van der Waals surface area contributed by atoms with Gasteiger partial charge in [-0.05, 0) is 50.2 Å². The van der Waals surface area contributed by atoms with Crippen molar-refractivity contribution in [2.45, 2.75) is 13.8 Å². The maximum Gasteiger partial charge on any atom is 0.257 e. The lowest BCUT2D eigenvalue weighted by molar-refractivity contribution is 0.102. The molecule has 0 saturated carbocycles. The molecule has 0 saturated heterocycles. The first-order valence-corrected chi connectivity index (χ1v) is 8.75. The molecule has 0 fully saturated rings. The maximum atomic E-state index is 12.3. The molecule has 24 heavy (non-hydrogen) atoms. The van der Waals surface area contributed by atoms with Crippen LogP contribution in [0.1, 0.15) is 24.2 Å². The standard InChI is InChI=1S/C18H19N3O2S/c1-3-21(4-2)14-9-7-13(8-10-14)17(22)20-18-19-15(12-24-18)16-6-5-11-23-16/h5-12H,3-4H2,1-2H3,(H,19,20,22). The van der Waals surface area contributed by atoms with Crippen molar-refractivity contribution in [3.8, 4) is 11.5 Å². The molecule has 0 aliphatic carbocycles. The van der Waals surface area contributed by atoms with Crippen LogP contribution in [0.2, 0.25) is 0 Å². The quantitative estimate of drug-likeness (QED) is 0.717. The molecule has 0 bridgehead atoms. The first-order chi connectivity index (χ1) is 11.7. The molecule has 0 unspecified atom stereocenters. The molecule has 1 amide bonds. The highest BCUT2D eigenvalue weighted by Gasteiger charge is 2.11. The fraction of sp³-hybridized carbons (Fsp3) is 0.222. The SMILES string of the molecule is CCN(CC)c1ccc(C(=O)Nc2nc(-c3ccco3)cs2)cc1. The lowest BCUT2D eigenvalue weighted by Gasteiger charge is -2.20. The Morgan fingerprint density at radius 1 is 1.21 bits per heavy atom. The molecule has 3 aromatic rings. The van der Waals surface area contributed by atoms with Gasteiger partial charge in [0.1, 0.15) is 5.69 Å². The molecule has 2 heterocycles. The van der Waals surface area contributed by atoms with E-state index in [2.05, 4.69) is 29.0 Å². The first-order valence-electron chi connectivity index (χ1n) is 7.87. The Bertz CT molecular complexity index is 790. The number of benzene rings is 1. The molecule has 0 atom stereocenters. The second kappa shape index (κ2) is 7.31. The van der Waals surface area contributed by atoms with Gasteiger partial charge in [0.2, 0.25) is 0 Å². The van der Waals surface area contributed by atoms with Gasteiger partial charge in [0.15, 0.2) is 10.9 Å². The van der Waals surface area contributed by atoms with Crippen LogP contribution in [0, 0.1) is 0 Å². The monoisotopic (exact) mass is 341 g/mol. The van der Waals surface area contributed by atoms with E-state index in [9.17, 15) is 4.79 Å². The lowest BCUT2D eigenvalue weighted by atomic mass is 10.2. The Hall–Kier alpha value is -2.60. The van der Waals surface area contributed by atoms with E-state index in [0.29, 0.717) is 16.5 Å². The van der Waals surface area contributed by atoms with Crippen molar-refractivity contribution < 1.29 is 9.21 Å². The van der Waals surface area contributed by atoms with E-state index in [1.54, 1.807) is 6.26 Å². The molecule has 0 aliphatic rings. The number of carbonyl (C=O) groups excluding carboxylic acids is 1. The number of anilines is 2. The van der Waals surface area contributed by atoms with E-state index in [0.717, 1.165) is 24.5 Å². The lowest BCUT2D eigenvalue weighted by Crippen LogP contribution is -2.21. The van der Waals surface area contributed by atoms with Gasteiger partial charge >= 0.3 is 0 Å². The van der Waals surface area contributed by atoms with Crippen molar-refractivity contribution >= 4 is 28.1 Å². The van der Waals surface area contributed by atoms with E-state index in [1.165, 1.54) is 11.3 Å². The van der Waals surface area contributed by atoms with Crippen LogP contribution < -0.4 is 10.2 Å². The Morgan fingerprint density at radius 2 is 1.96 bits per heavy atom. The summed E-state index contributed by atoms with van der Waals surface area (Å²) in [6, 6.07) is 11.3. The van der Waals surface area contributed by atoms with Gasteiger partial charge in [-0.25, -0.2) is 4.98 Å². The summed E-state index contributed by atoms with van der Waals surface area (Å²) in [6.45, 7) is 6.11. The van der Waals surface area contributed by atoms with Crippen molar-refractivity contribution in [1.29, 1.82) is 0 Å². The average molecular weight is 341 g/mol. The van der Waals surface area contributed by atoms with E-state index in [-0.39, 0.29) is 5.91 Å². The van der Waals surface area contributed by atoms with Gasteiger partial charge in [-0.3, -0.25) is 10.1 Å². The summed E-state index contributed by atoms with van der Waals surface area (Å²) < 4.78 is 5.31. The molecule has 3 rings (SSSR count). The average Bonchev–Trinajstić information content (AvgIpc) is 3.28. The van der Waals surface area contributed by atoms with Gasteiger partial charge in [-0.15, -0.1) is 11.3 Å². The number of furan rings is 1. The fourth-order valence-electron chi connectivity index (χ4n) is 2.45. The third-order valence-corrected chi connectivity index (χ3v) is 4.51. The van der Waals surface area contributed by atoms with Crippen molar-refractivity contribution in [2.24, 2.45) is 0 Å². The Kier molecular flexibility index (Phi) is 4.96. The minimum atomic E-state index is -0.165. The second-order valence-electron chi connectivity index (χ2n) is 5.19. The number of hydrogen-bond donors (Lipinski definition) is 1. The predicted octanol–water partition coefficient (Wildman–Crippen LogP) is 4.50. The van der Waals surface area contributed by atoms with Crippen LogP contribution >= 0.6 is 11.3 Å². The van der Waals surface area contributed by atoms with E-state index >= 15 is 0 Å². The topological polar surface area (TPSA) is 58.4 Å². The Balaban J connectivity index is 1.69. The summed E-state index contributed by atoms with van der Waals surface area (Å²) in [5.41, 5.74) is 2.45. The highest BCUT2D eigenvalue weighted by atomic mass is 32.1. The van der Waals surface area contributed by atoms with Crippen LogP contribution in [-0.2, 0) is 0 Å². The number of amides is 1. The predicted molar refractivity (Wildman–Crippen MR) is 97.8 cm³/mol. The maximum absolute atomic E-state index is 12.3. The summed E-state index contributed by atoms with van der Waals surface area (Å²) in [6.07, 6.45) is 1.60. The zero-order valence-corrected chi connectivity index (χ0v) is 14.5. The van der Waals surface area contributed by atoms with Crippen LogP contribution in [0.15, 0.2) is 52.5 Å². The van der Waals surface area contributed by atoms with Gasteiger partial charge < -0.3 is 9.32 Å². The van der Waals surface area contributed by atoms with Gasteiger partial charge in [-0.1, -0.05) is 0 Å². The highest BCUT2D eigenvalue weighted by Crippen LogP contribution is 2.25. The number of thiazole rings is 1. The molecule has 0 aliphatic heterocycles. The molecule has 5 nitrogen and oxygen atoms in total. The first kappa shape index (κ1) is 16.3. The summed E-state index contributed by atoms with van der Waals surface area (Å²) in [7, 11) is 0. The van der Waals surface area contributed by atoms with Crippen LogP contribution in [0.4, 0.5) is 10.8 Å². The van der Waals surface area contributed by atoms with Crippen molar-refractivity contribution in [3.63, 3.8) is 0 Å². The number of hydrogen-bond acceptors (Lipinski definition) is 5. The molecule has 2 aromatic heterocycles. The van der Waals surface area contributed by atoms with E-state index in [4.69, 9.17) is 4.42 Å². The van der Waals surface area contributed by atoms with Crippen molar-refractivity contribution in [1.82, 2.24) is 4.98 Å². The smallest absolute Gasteiger partial charge is 0.257 e. The molecule has 124 valence electrons. The van der Waals surface area contributed by atoms with Gasteiger partial charge in [-0.2, -0.15) is 0 Å². The van der Waals surface area contributed by atoms with Gasteiger partial charge in [0, 0.05) is 29.7 Å². The van der Waals surface area contributed by atoms with Gasteiger partial charge in [0.05, 0.1) is 6.26 Å². The fourth-order valence-corrected chi connectivity index (χ4v) is 3.15. The molecule has 6 heteroatoms. The zero-order valence-electron chi connectivity index (χ0n) is 13.7. The van der Waals surface area contributed by atoms with E-state index in [1.807, 2.05) is 41.8 Å². The largest absolute Gasteiger partial charge is 0.463 e. The van der Waals surface area contributed by atoms with Crippen molar-refractivity contribution in [3.05, 3.63) is 53.6 Å². The summed E-state index contributed by atoms with van der Waals surface area (Å²) >= 11 is 1.37. The van der Waals surface area contributed by atoms with Crippen LogP contribution in [0.3, 0.4) is 0 Å². The van der Waals surface area contributed by atoms with Crippen LogP contribution in [-0.4, -0.2) is 24.0 Å². The molecule has 0 spiro atoms. The normalized spacial score (nSPS) is 10.6. The number of carbonyl (C=O) groups is 1. The Morgan fingerprint density at radius 3 is 2.58 bits per heavy atom. The number of aromatic nitrogens is 1. The molecule has 1 aromatic carbocycles. The molecular formula is C18H19N3O2S. The minimum Gasteiger partial charge on any atom is -0.463 e. The summed E-state index contributed by atoms with van der Waals surface area (Å²) in [4.78, 5) is 19.0.